The van der Waals surface area contributed by atoms with E-state index in [1.54, 1.807) is 0 Å². The van der Waals surface area contributed by atoms with E-state index in [0.29, 0.717) is 19.3 Å². The van der Waals surface area contributed by atoms with E-state index in [1.165, 1.54) is 212 Å². The summed E-state index contributed by atoms with van der Waals surface area (Å²) in [6, 6.07) is 0. The van der Waals surface area contributed by atoms with Crippen LogP contribution in [0, 0.1) is 0 Å². The molecule has 0 aromatic heterocycles. The van der Waals surface area contributed by atoms with Crippen LogP contribution in [0.25, 0.3) is 0 Å². The van der Waals surface area contributed by atoms with Crippen LogP contribution < -0.4 is 0 Å². The van der Waals surface area contributed by atoms with Crippen molar-refractivity contribution >= 4 is 17.9 Å². The molecule has 1 unspecified atom stereocenters. The summed E-state index contributed by atoms with van der Waals surface area (Å²) < 4.78 is 16.8. The van der Waals surface area contributed by atoms with Gasteiger partial charge in [-0.25, -0.2) is 0 Å². The van der Waals surface area contributed by atoms with Crippen molar-refractivity contribution in [3.63, 3.8) is 0 Å². The SMILES string of the molecule is CC/C=C\C/C=C\C/C=C\C/C=C\C/C=C\CCCCCCCC(=O)OC(COC(=O)CCCCCCCC)COC(=O)CCCCCCCCCCCCCCCCCCCCCCCCC/C=C\CCCCCCCCCC. The summed E-state index contributed by atoms with van der Waals surface area (Å²) in [5, 5.41) is 0. The second kappa shape index (κ2) is 68.3. The highest BCUT2D eigenvalue weighted by molar-refractivity contribution is 5.71. The van der Waals surface area contributed by atoms with Crippen LogP contribution in [-0.4, -0.2) is 37.2 Å². The molecule has 0 spiro atoms. The van der Waals surface area contributed by atoms with E-state index in [4.69, 9.17) is 14.2 Å². The summed E-state index contributed by atoms with van der Waals surface area (Å²) in [5.41, 5.74) is 0. The molecule has 6 nitrogen and oxygen atoms in total. The van der Waals surface area contributed by atoms with E-state index in [-0.39, 0.29) is 31.1 Å². The highest BCUT2D eigenvalue weighted by Crippen LogP contribution is 2.18. The van der Waals surface area contributed by atoms with Gasteiger partial charge in [-0.1, -0.05) is 325 Å². The Morgan fingerprint density at radius 2 is 0.487 bits per heavy atom. The van der Waals surface area contributed by atoms with Crippen LogP contribution >= 0.6 is 0 Å². The number of rotatable bonds is 64. The third kappa shape index (κ3) is 65.7. The first kappa shape index (κ1) is 76.9. The molecule has 0 aliphatic heterocycles. The molecule has 0 N–H and O–H groups in total. The maximum atomic E-state index is 12.8. The van der Waals surface area contributed by atoms with Gasteiger partial charge in [0.1, 0.15) is 13.2 Å². The molecule has 0 aromatic carbocycles. The van der Waals surface area contributed by atoms with Crippen LogP contribution in [-0.2, 0) is 28.6 Å². The molecule has 0 saturated heterocycles. The predicted octanol–water partition coefficient (Wildman–Crippen LogP) is 24.1. The fourth-order valence-electron chi connectivity index (χ4n) is 10.2. The van der Waals surface area contributed by atoms with Crippen LogP contribution in [0.1, 0.15) is 361 Å². The molecule has 464 valence electrons. The Kier molecular flexibility index (Phi) is 65.7. The third-order valence-corrected chi connectivity index (χ3v) is 15.4. The molecule has 0 heterocycles. The lowest BCUT2D eigenvalue weighted by atomic mass is 10.0. The van der Waals surface area contributed by atoms with Gasteiger partial charge in [0.25, 0.3) is 0 Å². The lowest BCUT2D eigenvalue weighted by molar-refractivity contribution is -0.167. The van der Waals surface area contributed by atoms with Gasteiger partial charge < -0.3 is 14.2 Å². The van der Waals surface area contributed by atoms with Crippen molar-refractivity contribution in [3.8, 4) is 0 Å². The van der Waals surface area contributed by atoms with Gasteiger partial charge in [0.15, 0.2) is 6.10 Å². The quantitative estimate of drug-likeness (QED) is 0.0261. The van der Waals surface area contributed by atoms with Gasteiger partial charge in [0.2, 0.25) is 0 Å². The summed E-state index contributed by atoms with van der Waals surface area (Å²) in [5.74, 6) is -0.894. The lowest BCUT2D eigenvalue weighted by Gasteiger charge is -2.18. The highest BCUT2D eigenvalue weighted by atomic mass is 16.6. The van der Waals surface area contributed by atoms with Gasteiger partial charge in [-0.3, -0.25) is 14.4 Å². The van der Waals surface area contributed by atoms with Crippen molar-refractivity contribution in [2.45, 2.75) is 367 Å². The minimum atomic E-state index is -0.782. The van der Waals surface area contributed by atoms with Crippen LogP contribution in [0.3, 0.4) is 0 Å². The zero-order valence-corrected chi connectivity index (χ0v) is 53.3. The molecule has 0 aromatic rings. The van der Waals surface area contributed by atoms with Crippen molar-refractivity contribution in [2.75, 3.05) is 13.2 Å². The minimum absolute atomic E-state index is 0.0802. The molecule has 80 heavy (non-hydrogen) atoms. The third-order valence-electron chi connectivity index (χ3n) is 15.4. The molecule has 0 saturated carbocycles. The van der Waals surface area contributed by atoms with Crippen molar-refractivity contribution in [2.24, 2.45) is 0 Å². The molecule has 0 radical (unpaired) electrons. The fourth-order valence-corrected chi connectivity index (χ4v) is 10.2. The molecule has 0 bridgehead atoms. The van der Waals surface area contributed by atoms with Crippen LogP contribution in [0.2, 0.25) is 0 Å². The largest absolute Gasteiger partial charge is 0.462 e. The van der Waals surface area contributed by atoms with Gasteiger partial charge >= 0.3 is 17.9 Å². The molecule has 0 aliphatic carbocycles. The Morgan fingerprint density at radius 3 is 0.775 bits per heavy atom. The summed E-state index contributed by atoms with van der Waals surface area (Å²) in [4.78, 5) is 38.0. The maximum absolute atomic E-state index is 12.8. The maximum Gasteiger partial charge on any atom is 0.306 e. The molecule has 0 amide bonds. The number of hydrogen-bond donors (Lipinski definition) is 0. The second-order valence-electron chi connectivity index (χ2n) is 23.4. The number of carbonyl (C=O) groups is 3. The molecule has 0 aliphatic rings. The molecular formula is C74H132O6. The Labute approximate surface area is 497 Å². The Balaban J connectivity index is 3.96. The Bertz CT molecular complexity index is 1470. The standard InChI is InChI=1S/C74H132O6/c1-4-7-10-13-16-18-20-22-24-26-28-30-31-32-33-34-35-36-37-38-39-40-41-42-43-45-46-48-50-52-54-56-58-61-64-67-73(76)79-70-71(69-78-72(75)66-63-60-15-12-9-6-3)80-74(77)68-65-62-59-57-55-53-51-49-47-44-29-27-25-23-21-19-17-14-11-8-5-2/h8,11,17,19,23,25-26,28-29,44,49,51,71H,4-7,9-10,12-16,18,20-22,24,27,30-43,45-48,50,52-70H2,1-3H3/b11-8-,19-17-,25-23-,28-26-,44-29-,51-49-. The van der Waals surface area contributed by atoms with Crippen molar-refractivity contribution in [1.82, 2.24) is 0 Å². The van der Waals surface area contributed by atoms with Crippen molar-refractivity contribution in [1.29, 1.82) is 0 Å². The Hall–Kier alpha value is -3.15. The Morgan fingerprint density at radius 1 is 0.263 bits per heavy atom. The second-order valence-corrected chi connectivity index (χ2v) is 23.4. The van der Waals surface area contributed by atoms with E-state index in [1.807, 2.05) is 0 Å². The van der Waals surface area contributed by atoms with Crippen LogP contribution in [0.4, 0.5) is 0 Å². The van der Waals surface area contributed by atoms with Gasteiger partial charge in [-0.05, 0) is 89.9 Å². The predicted molar refractivity (Wildman–Crippen MR) is 348 cm³/mol. The smallest absolute Gasteiger partial charge is 0.306 e. The van der Waals surface area contributed by atoms with Gasteiger partial charge in [0, 0.05) is 19.3 Å². The normalized spacial score (nSPS) is 12.5. The number of unbranched alkanes of at least 4 members (excludes halogenated alkanes) is 41. The van der Waals surface area contributed by atoms with E-state index in [9.17, 15) is 14.4 Å². The van der Waals surface area contributed by atoms with E-state index < -0.39 is 6.10 Å². The van der Waals surface area contributed by atoms with Crippen molar-refractivity contribution in [3.05, 3.63) is 72.9 Å². The van der Waals surface area contributed by atoms with Gasteiger partial charge in [-0.15, -0.1) is 0 Å². The zero-order chi connectivity index (χ0) is 57.8. The first-order valence-electron chi connectivity index (χ1n) is 34.9. The summed E-state index contributed by atoms with van der Waals surface area (Å²) in [6.07, 6.45) is 89.9. The summed E-state index contributed by atoms with van der Waals surface area (Å²) in [6.45, 7) is 6.49. The van der Waals surface area contributed by atoms with Gasteiger partial charge in [-0.2, -0.15) is 0 Å². The molecule has 0 fully saturated rings. The van der Waals surface area contributed by atoms with Crippen molar-refractivity contribution < 1.29 is 28.6 Å². The number of esters is 3. The fraction of sp³-hybridized carbons (Fsp3) is 0.797. The number of ether oxygens (including phenoxy) is 3. The van der Waals surface area contributed by atoms with Crippen LogP contribution in [0.5, 0.6) is 0 Å². The topological polar surface area (TPSA) is 78.9 Å². The van der Waals surface area contributed by atoms with Crippen LogP contribution in [0.15, 0.2) is 72.9 Å². The molecule has 1 atom stereocenters. The lowest BCUT2D eigenvalue weighted by Crippen LogP contribution is -2.30. The summed E-state index contributed by atoms with van der Waals surface area (Å²) in [7, 11) is 0. The average molecular weight is 1120 g/mol. The first-order chi connectivity index (χ1) is 39.5. The van der Waals surface area contributed by atoms with E-state index >= 15 is 0 Å². The first-order valence-corrected chi connectivity index (χ1v) is 34.9. The molecule has 6 heteroatoms. The minimum Gasteiger partial charge on any atom is -0.462 e. The summed E-state index contributed by atoms with van der Waals surface area (Å²) >= 11 is 0. The zero-order valence-electron chi connectivity index (χ0n) is 53.3. The van der Waals surface area contributed by atoms with E-state index in [0.717, 1.165) is 109 Å². The number of hydrogen-bond acceptors (Lipinski definition) is 6. The molecule has 0 rings (SSSR count). The van der Waals surface area contributed by atoms with Gasteiger partial charge in [0.05, 0.1) is 0 Å². The number of allylic oxidation sites excluding steroid dienone is 12. The number of carbonyl (C=O) groups excluding carboxylic acids is 3. The highest BCUT2D eigenvalue weighted by Gasteiger charge is 2.19. The molecular weight excluding hydrogens is 985 g/mol. The average Bonchev–Trinajstić information content (AvgIpc) is 3.46. The monoisotopic (exact) mass is 1120 g/mol. The van der Waals surface area contributed by atoms with E-state index in [2.05, 4.69) is 93.7 Å².